The zero-order valence-electron chi connectivity index (χ0n) is 8.29. The Morgan fingerprint density at radius 1 is 1.38 bits per heavy atom. The standard InChI is InChI=1S/C11H7Cl2NO2/c1-6(8(5-14)11(15)16)7-2-3-9(12)10(13)4-7/h2-4H,1H3,(H,15,16)/b8-6-. The Kier molecular flexibility index (Phi) is 3.94. The van der Waals surface area contributed by atoms with Crippen LogP contribution in [0.1, 0.15) is 12.5 Å². The van der Waals surface area contributed by atoms with Gasteiger partial charge in [0.15, 0.2) is 0 Å². The normalized spacial score (nSPS) is 11.6. The Morgan fingerprint density at radius 2 is 2.00 bits per heavy atom. The molecule has 5 heteroatoms. The number of nitriles is 1. The number of allylic oxidation sites excluding steroid dienone is 1. The van der Waals surface area contributed by atoms with Gasteiger partial charge in [0.05, 0.1) is 10.0 Å². The van der Waals surface area contributed by atoms with Crippen LogP contribution in [0.15, 0.2) is 23.8 Å². The second kappa shape index (κ2) is 5.02. The highest BCUT2D eigenvalue weighted by Gasteiger charge is 2.12. The van der Waals surface area contributed by atoms with Crippen LogP contribution in [0, 0.1) is 11.3 Å². The van der Waals surface area contributed by atoms with Gasteiger partial charge < -0.3 is 5.11 Å². The lowest BCUT2D eigenvalue weighted by Gasteiger charge is -2.04. The first-order valence-corrected chi connectivity index (χ1v) is 5.02. The molecule has 0 aromatic heterocycles. The van der Waals surface area contributed by atoms with Gasteiger partial charge in [-0.3, -0.25) is 0 Å². The number of aliphatic carboxylic acids is 1. The number of nitrogens with zero attached hydrogens (tertiary/aromatic N) is 1. The van der Waals surface area contributed by atoms with Gasteiger partial charge in [-0.15, -0.1) is 0 Å². The maximum atomic E-state index is 10.8. The van der Waals surface area contributed by atoms with E-state index >= 15 is 0 Å². The number of hydrogen-bond donors (Lipinski definition) is 1. The SMILES string of the molecule is C/C(=C(\C#N)C(=O)O)c1ccc(Cl)c(Cl)c1. The highest BCUT2D eigenvalue weighted by molar-refractivity contribution is 6.42. The maximum Gasteiger partial charge on any atom is 0.346 e. The number of carboxylic acids is 1. The van der Waals surface area contributed by atoms with Crippen LogP contribution >= 0.6 is 23.2 Å². The van der Waals surface area contributed by atoms with Crippen molar-refractivity contribution < 1.29 is 9.90 Å². The Morgan fingerprint density at radius 3 is 2.44 bits per heavy atom. The molecule has 0 atom stereocenters. The predicted octanol–water partition coefficient (Wildman–Crippen LogP) is 3.38. The second-order valence-corrected chi connectivity index (χ2v) is 3.86. The molecule has 0 saturated heterocycles. The van der Waals surface area contributed by atoms with E-state index in [4.69, 9.17) is 33.6 Å². The fourth-order valence-electron chi connectivity index (χ4n) is 1.17. The summed E-state index contributed by atoms with van der Waals surface area (Å²) >= 11 is 11.5. The van der Waals surface area contributed by atoms with Crippen molar-refractivity contribution in [1.82, 2.24) is 0 Å². The van der Waals surface area contributed by atoms with E-state index in [1.165, 1.54) is 6.07 Å². The molecular weight excluding hydrogens is 249 g/mol. The number of hydrogen-bond acceptors (Lipinski definition) is 2. The van der Waals surface area contributed by atoms with Gasteiger partial charge in [-0.25, -0.2) is 4.79 Å². The summed E-state index contributed by atoms with van der Waals surface area (Å²) in [5.74, 6) is -1.26. The minimum absolute atomic E-state index is 0.307. The second-order valence-electron chi connectivity index (χ2n) is 3.05. The van der Waals surface area contributed by atoms with Crippen LogP contribution in [0.4, 0.5) is 0 Å². The first kappa shape index (κ1) is 12.6. The molecule has 0 saturated carbocycles. The molecule has 0 heterocycles. The predicted molar refractivity (Wildman–Crippen MR) is 62.3 cm³/mol. The van der Waals surface area contributed by atoms with Crippen LogP contribution in [0.2, 0.25) is 10.0 Å². The number of carbonyl (C=O) groups is 1. The van der Waals surface area contributed by atoms with E-state index in [1.807, 2.05) is 0 Å². The Labute approximate surface area is 103 Å². The molecule has 0 amide bonds. The van der Waals surface area contributed by atoms with Gasteiger partial charge in [0.25, 0.3) is 0 Å². The molecule has 0 aliphatic rings. The summed E-state index contributed by atoms with van der Waals surface area (Å²) in [5.41, 5.74) is 0.611. The lowest BCUT2D eigenvalue weighted by Crippen LogP contribution is -2.00. The number of benzene rings is 1. The van der Waals surface area contributed by atoms with Crippen molar-refractivity contribution in [3.63, 3.8) is 0 Å². The van der Waals surface area contributed by atoms with Crippen LogP contribution in [-0.2, 0) is 4.79 Å². The van der Waals surface area contributed by atoms with Crippen molar-refractivity contribution in [2.45, 2.75) is 6.92 Å². The minimum atomic E-state index is -1.26. The van der Waals surface area contributed by atoms with Crippen LogP contribution in [0.25, 0.3) is 5.57 Å². The molecule has 1 aromatic carbocycles. The monoisotopic (exact) mass is 255 g/mol. The fourth-order valence-corrected chi connectivity index (χ4v) is 1.46. The third kappa shape index (κ3) is 2.54. The molecular formula is C11H7Cl2NO2. The number of carboxylic acid groups (broad SMARTS) is 1. The Hall–Kier alpha value is -1.50. The number of halogens is 2. The summed E-state index contributed by atoms with van der Waals surface area (Å²) in [6.45, 7) is 1.55. The molecule has 0 spiro atoms. The molecule has 0 bridgehead atoms. The summed E-state index contributed by atoms with van der Waals surface area (Å²) < 4.78 is 0. The van der Waals surface area contributed by atoms with E-state index < -0.39 is 5.97 Å². The van der Waals surface area contributed by atoms with E-state index in [1.54, 1.807) is 25.1 Å². The molecule has 0 unspecified atom stereocenters. The highest BCUT2D eigenvalue weighted by atomic mass is 35.5. The summed E-state index contributed by atoms with van der Waals surface area (Å²) in [4.78, 5) is 10.8. The van der Waals surface area contributed by atoms with Crippen molar-refractivity contribution in [2.75, 3.05) is 0 Å². The smallest absolute Gasteiger partial charge is 0.346 e. The first-order valence-electron chi connectivity index (χ1n) is 4.27. The van der Waals surface area contributed by atoms with Crippen molar-refractivity contribution in [3.8, 4) is 6.07 Å². The zero-order valence-corrected chi connectivity index (χ0v) is 9.80. The van der Waals surface area contributed by atoms with E-state index in [2.05, 4.69) is 0 Å². The van der Waals surface area contributed by atoms with Crippen molar-refractivity contribution in [3.05, 3.63) is 39.4 Å². The van der Waals surface area contributed by atoms with Crippen LogP contribution in [-0.4, -0.2) is 11.1 Å². The van der Waals surface area contributed by atoms with Crippen LogP contribution < -0.4 is 0 Å². The fraction of sp³-hybridized carbons (Fsp3) is 0.0909. The zero-order chi connectivity index (χ0) is 12.3. The molecule has 16 heavy (non-hydrogen) atoms. The summed E-state index contributed by atoms with van der Waals surface area (Å²) in [5, 5.41) is 18.2. The maximum absolute atomic E-state index is 10.8. The van der Waals surface area contributed by atoms with E-state index in [0.29, 0.717) is 21.2 Å². The molecule has 0 radical (unpaired) electrons. The minimum Gasteiger partial charge on any atom is -0.477 e. The average Bonchev–Trinajstić information content (AvgIpc) is 2.22. The van der Waals surface area contributed by atoms with Crippen LogP contribution in [0.3, 0.4) is 0 Å². The van der Waals surface area contributed by atoms with Crippen molar-refractivity contribution in [2.24, 2.45) is 0 Å². The Bertz CT molecular complexity index is 515. The van der Waals surface area contributed by atoms with Gasteiger partial charge in [0.2, 0.25) is 0 Å². The third-order valence-electron chi connectivity index (χ3n) is 2.05. The summed E-state index contributed by atoms with van der Waals surface area (Å²) in [7, 11) is 0. The molecule has 1 N–H and O–H groups in total. The molecule has 0 aliphatic heterocycles. The lowest BCUT2D eigenvalue weighted by molar-refractivity contribution is -0.132. The molecule has 0 aliphatic carbocycles. The summed E-state index contributed by atoms with van der Waals surface area (Å²) in [6, 6.07) is 6.34. The topological polar surface area (TPSA) is 61.1 Å². The molecule has 1 aromatic rings. The van der Waals surface area contributed by atoms with Gasteiger partial charge in [-0.05, 0) is 30.2 Å². The largest absolute Gasteiger partial charge is 0.477 e. The Balaban J connectivity index is 3.34. The van der Waals surface area contributed by atoms with Gasteiger partial charge in [-0.2, -0.15) is 5.26 Å². The van der Waals surface area contributed by atoms with E-state index in [9.17, 15) is 4.79 Å². The lowest BCUT2D eigenvalue weighted by atomic mass is 10.0. The third-order valence-corrected chi connectivity index (χ3v) is 2.79. The number of rotatable bonds is 2. The average molecular weight is 256 g/mol. The quantitative estimate of drug-likeness (QED) is 0.651. The van der Waals surface area contributed by atoms with E-state index in [0.717, 1.165) is 0 Å². The van der Waals surface area contributed by atoms with Gasteiger partial charge >= 0.3 is 5.97 Å². The van der Waals surface area contributed by atoms with Gasteiger partial charge in [0, 0.05) is 0 Å². The van der Waals surface area contributed by atoms with Crippen LogP contribution in [0.5, 0.6) is 0 Å². The summed E-state index contributed by atoms with van der Waals surface area (Å²) in [6.07, 6.45) is 0. The molecule has 82 valence electrons. The first-order chi connectivity index (χ1) is 7.47. The van der Waals surface area contributed by atoms with Crippen molar-refractivity contribution >= 4 is 34.7 Å². The van der Waals surface area contributed by atoms with Crippen molar-refractivity contribution in [1.29, 1.82) is 5.26 Å². The molecule has 3 nitrogen and oxygen atoms in total. The highest BCUT2D eigenvalue weighted by Crippen LogP contribution is 2.27. The van der Waals surface area contributed by atoms with E-state index in [-0.39, 0.29) is 5.57 Å². The molecule has 0 fully saturated rings. The molecule has 1 rings (SSSR count). The van der Waals surface area contributed by atoms with Gasteiger partial charge in [0.1, 0.15) is 11.6 Å². The van der Waals surface area contributed by atoms with Gasteiger partial charge in [-0.1, -0.05) is 29.3 Å².